The Kier molecular flexibility index (Phi) is 2.27. The third-order valence-corrected chi connectivity index (χ3v) is 1.74. The largest absolute Gasteiger partial charge is 0.307 e. The van der Waals surface area contributed by atoms with Crippen LogP contribution < -0.4 is 0 Å². The van der Waals surface area contributed by atoms with E-state index in [4.69, 9.17) is 5.26 Å². The first-order chi connectivity index (χ1) is 7.70. The molecule has 78 valence electrons. The van der Waals surface area contributed by atoms with Crippen LogP contribution >= 0.6 is 0 Å². The first-order valence-corrected chi connectivity index (χ1v) is 4.13. The van der Waals surface area contributed by atoms with Crippen LogP contribution in [-0.4, -0.2) is 24.7 Å². The number of nitrogens with zero attached hydrogens (tertiary/aromatic N) is 6. The van der Waals surface area contributed by atoms with E-state index in [-0.39, 0.29) is 17.3 Å². The van der Waals surface area contributed by atoms with E-state index in [2.05, 4.69) is 15.1 Å². The van der Waals surface area contributed by atoms with Crippen molar-refractivity contribution in [2.75, 3.05) is 0 Å². The minimum absolute atomic E-state index is 0.118. The standard InChI is InChI=1S/C8H4N6O2/c9-3-6-1-2-10-8(12-6)13-5-7(4-11-13)14(15)16/h1-2,4-5H. The van der Waals surface area contributed by atoms with Gasteiger partial charge in [-0.05, 0) is 6.07 Å². The summed E-state index contributed by atoms with van der Waals surface area (Å²) in [7, 11) is 0. The lowest BCUT2D eigenvalue weighted by molar-refractivity contribution is -0.384. The van der Waals surface area contributed by atoms with E-state index in [0.29, 0.717) is 0 Å². The lowest BCUT2D eigenvalue weighted by Gasteiger charge is -1.96. The van der Waals surface area contributed by atoms with Gasteiger partial charge >= 0.3 is 5.69 Å². The zero-order chi connectivity index (χ0) is 11.5. The van der Waals surface area contributed by atoms with Crippen molar-refractivity contribution >= 4 is 5.69 Å². The van der Waals surface area contributed by atoms with Crippen LogP contribution in [0.4, 0.5) is 5.69 Å². The molecule has 2 aromatic rings. The molecule has 0 spiro atoms. The number of nitro groups is 1. The van der Waals surface area contributed by atoms with E-state index in [9.17, 15) is 10.1 Å². The molecule has 8 heteroatoms. The Balaban J connectivity index is 2.43. The van der Waals surface area contributed by atoms with Gasteiger partial charge in [-0.2, -0.15) is 15.0 Å². The number of aromatic nitrogens is 4. The predicted molar refractivity (Wildman–Crippen MR) is 50.5 cm³/mol. The number of hydrogen-bond acceptors (Lipinski definition) is 6. The van der Waals surface area contributed by atoms with Crippen LogP contribution in [0.25, 0.3) is 5.95 Å². The smallest absolute Gasteiger partial charge is 0.258 e. The first kappa shape index (κ1) is 9.72. The maximum atomic E-state index is 10.4. The molecule has 8 nitrogen and oxygen atoms in total. The van der Waals surface area contributed by atoms with Crippen LogP contribution in [0.15, 0.2) is 24.7 Å². The van der Waals surface area contributed by atoms with E-state index >= 15 is 0 Å². The molecule has 0 bridgehead atoms. The Hall–Kier alpha value is -2.82. The van der Waals surface area contributed by atoms with Crippen LogP contribution in [0.5, 0.6) is 0 Å². The number of rotatable bonds is 2. The topological polar surface area (TPSA) is 111 Å². The van der Waals surface area contributed by atoms with Gasteiger partial charge in [0, 0.05) is 6.20 Å². The lowest BCUT2D eigenvalue weighted by Crippen LogP contribution is -2.02. The fourth-order valence-electron chi connectivity index (χ4n) is 1.04. The molecule has 0 aliphatic heterocycles. The Morgan fingerprint density at radius 3 is 3.00 bits per heavy atom. The molecular formula is C8H4N6O2. The molecule has 0 unspecified atom stereocenters. The molecule has 0 atom stereocenters. The SMILES string of the molecule is N#Cc1ccnc(-n2cc([N+](=O)[O-])cn2)n1. The summed E-state index contributed by atoms with van der Waals surface area (Å²) >= 11 is 0. The molecule has 16 heavy (non-hydrogen) atoms. The van der Waals surface area contributed by atoms with Crippen LogP contribution in [0.2, 0.25) is 0 Å². The molecule has 0 fully saturated rings. The molecule has 2 rings (SSSR count). The van der Waals surface area contributed by atoms with Gasteiger partial charge in [-0.3, -0.25) is 10.1 Å². The molecule has 0 radical (unpaired) electrons. The van der Waals surface area contributed by atoms with Gasteiger partial charge in [0.25, 0.3) is 5.95 Å². The summed E-state index contributed by atoms with van der Waals surface area (Å²) < 4.78 is 1.14. The Labute approximate surface area is 88.9 Å². The summed E-state index contributed by atoms with van der Waals surface area (Å²) in [5, 5.41) is 22.8. The number of nitriles is 1. The van der Waals surface area contributed by atoms with Crippen LogP contribution in [-0.2, 0) is 0 Å². The molecule has 0 saturated heterocycles. The second kappa shape index (κ2) is 3.74. The molecule has 0 aromatic carbocycles. The zero-order valence-electron chi connectivity index (χ0n) is 7.81. The zero-order valence-corrected chi connectivity index (χ0v) is 7.81. The maximum absolute atomic E-state index is 10.4. The quantitative estimate of drug-likeness (QED) is 0.532. The van der Waals surface area contributed by atoms with Gasteiger partial charge in [0.1, 0.15) is 24.2 Å². The molecule has 0 amide bonds. The second-order valence-electron chi connectivity index (χ2n) is 2.75. The Morgan fingerprint density at radius 2 is 2.38 bits per heavy atom. The highest BCUT2D eigenvalue weighted by Gasteiger charge is 2.11. The van der Waals surface area contributed by atoms with Gasteiger partial charge in [0.15, 0.2) is 0 Å². The van der Waals surface area contributed by atoms with Crippen molar-refractivity contribution in [1.29, 1.82) is 5.26 Å². The molecule has 0 saturated carbocycles. The summed E-state index contributed by atoms with van der Waals surface area (Å²) in [6.07, 6.45) is 3.65. The van der Waals surface area contributed by atoms with Gasteiger partial charge < -0.3 is 0 Å². The van der Waals surface area contributed by atoms with E-state index in [0.717, 1.165) is 10.9 Å². The van der Waals surface area contributed by atoms with Crippen molar-refractivity contribution in [2.45, 2.75) is 0 Å². The Morgan fingerprint density at radius 1 is 1.56 bits per heavy atom. The molecule has 2 aromatic heterocycles. The maximum Gasteiger partial charge on any atom is 0.307 e. The Bertz CT molecular complexity index is 584. The average Bonchev–Trinajstić information content (AvgIpc) is 2.78. The summed E-state index contributed by atoms with van der Waals surface area (Å²) in [5.41, 5.74) is 0.00844. The van der Waals surface area contributed by atoms with Crippen LogP contribution in [0.3, 0.4) is 0 Å². The average molecular weight is 216 g/mol. The monoisotopic (exact) mass is 216 g/mol. The van der Waals surface area contributed by atoms with Gasteiger partial charge in [0.05, 0.1) is 4.92 Å². The van der Waals surface area contributed by atoms with Crippen molar-refractivity contribution in [3.8, 4) is 12.0 Å². The molecule has 0 aliphatic rings. The summed E-state index contributed by atoms with van der Waals surface area (Å²) in [4.78, 5) is 17.5. The minimum atomic E-state index is -0.572. The third-order valence-electron chi connectivity index (χ3n) is 1.74. The van der Waals surface area contributed by atoms with E-state index < -0.39 is 4.92 Å². The van der Waals surface area contributed by atoms with Crippen LogP contribution in [0, 0.1) is 21.4 Å². The highest BCUT2D eigenvalue weighted by atomic mass is 16.6. The summed E-state index contributed by atoms with van der Waals surface area (Å²) in [5.74, 6) is 0.118. The normalized spacial score (nSPS) is 9.69. The van der Waals surface area contributed by atoms with E-state index in [1.54, 1.807) is 0 Å². The van der Waals surface area contributed by atoms with Crippen molar-refractivity contribution in [3.63, 3.8) is 0 Å². The van der Waals surface area contributed by atoms with Crippen molar-refractivity contribution in [3.05, 3.63) is 40.5 Å². The minimum Gasteiger partial charge on any atom is -0.258 e. The van der Waals surface area contributed by atoms with Gasteiger partial charge in [-0.1, -0.05) is 0 Å². The molecule has 0 aliphatic carbocycles. The van der Waals surface area contributed by atoms with Crippen molar-refractivity contribution < 1.29 is 4.92 Å². The molecule has 2 heterocycles. The van der Waals surface area contributed by atoms with Crippen molar-refractivity contribution in [1.82, 2.24) is 19.7 Å². The van der Waals surface area contributed by atoms with Crippen LogP contribution in [0.1, 0.15) is 5.69 Å². The first-order valence-electron chi connectivity index (χ1n) is 4.13. The lowest BCUT2D eigenvalue weighted by atomic mass is 10.4. The fraction of sp³-hybridized carbons (Fsp3) is 0. The molecule has 0 N–H and O–H groups in total. The second-order valence-corrected chi connectivity index (χ2v) is 2.75. The van der Waals surface area contributed by atoms with E-state index in [1.807, 2.05) is 6.07 Å². The van der Waals surface area contributed by atoms with Crippen molar-refractivity contribution in [2.24, 2.45) is 0 Å². The fourth-order valence-corrected chi connectivity index (χ4v) is 1.04. The summed E-state index contributed by atoms with van der Waals surface area (Å²) in [6.45, 7) is 0. The summed E-state index contributed by atoms with van der Waals surface area (Å²) in [6, 6.07) is 3.27. The third kappa shape index (κ3) is 1.69. The number of hydrogen-bond donors (Lipinski definition) is 0. The van der Waals surface area contributed by atoms with Gasteiger partial charge in [-0.15, -0.1) is 0 Å². The van der Waals surface area contributed by atoms with Gasteiger partial charge in [-0.25, -0.2) is 9.97 Å². The highest BCUT2D eigenvalue weighted by molar-refractivity contribution is 5.27. The highest BCUT2D eigenvalue weighted by Crippen LogP contribution is 2.10. The van der Waals surface area contributed by atoms with E-state index in [1.165, 1.54) is 18.5 Å². The predicted octanol–water partition coefficient (Wildman–Crippen LogP) is 0.442. The van der Waals surface area contributed by atoms with Gasteiger partial charge in [0.2, 0.25) is 0 Å². The molecular weight excluding hydrogens is 212 g/mol.